The van der Waals surface area contributed by atoms with Crippen LogP contribution < -0.4 is 5.32 Å². The van der Waals surface area contributed by atoms with Gasteiger partial charge in [0.1, 0.15) is 0 Å². The van der Waals surface area contributed by atoms with E-state index >= 15 is 0 Å². The highest BCUT2D eigenvalue weighted by Crippen LogP contribution is 2.28. The van der Waals surface area contributed by atoms with E-state index in [2.05, 4.69) is 5.32 Å². The van der Waals surface area contributed by atoms with Crippen molar-refractivity contribution in [3.63, 3.8) is 0 Å². The molecule has 0 saturated carbocycles. The Morgan fingerprint density at radius 3 is 2.23 bits per heavy atom. The molecular weight excluding hydrogens is 413 g/mol. The molecule has 0 bridgehead atoms. The maximum atomic E-state index is 12.1. The van der Waals surface area contributed by atoms with Crippen LogP contribution >= 0.6 is 35.0 Å². The van der Waals surface area contributed by atoms with Gasteiger partial charge < -0.3 is 5.32 Å². The van der Waals surface area contributed by atoms with Gasteiger partial charge in [-0.15, -0.1) is 11.8 Å². The Kier molecular flexibility index (Phi) is 7.41. The van der Waals surface area contributed by atoms with E-state index in [-0.39, 0.29) is 22.6 Å². The minimum Gasteiger partial charge on any atom is -0.349 e. The molecule has 1 N–H and O–H groups in total. The van der Waals surface area contributed by atoms with E-state index in [1.165, 1.54) is 11.8 Å². The Balaban J connectivity index is 1.87. The minimum atomic E-state index is -3.23. The van der Waals surface area contributed by atoms with Crippen LogP contribution in [0.15, 0.2) is 47.4 Å². The number of thioether (sulfide) groups is 1. The van der Waals surface area contributed by atoms with E-state index in [0.29, 0.717) is 15.8 Å². The topological polar surface area (TPSA) is 63.2 Å². The summed E-state index contributed by atoms with van der Waals surface area (Å²) in [6, 6.07) is 11.6. The van der Waals surface area contributed by atoms with Crippen molar-refractivity contribution in [1.82, 2.24) is 5.32 Å². The van der Waals surface area contributed by atoms with Crippen molar-refractivity contribution in [2.24, 2.45) is 0 Å². The van der Waals surface area contributed by atoms with Crippen LogP contribution in [0.25, 0.3) is 0 Å². The first kappa shape index (κ1) is 21.1. The molecule has 0 aliphatic heterocycles. The van der Waals surface area contributed by atoms with Gasteiger partial charge in [-0.2, -0.15) is 0 Å². The van der Waals surface area contributed by atoms with Crippen LogP contribution in [0.2, 0.25) is 10.0 Å². The predicted octanol–water partition coefficient (Wildman–Crippen LogP) is 4.51. The third-order valence-electron chi connectivity index (χ3n) is 3.73. The number of rotatable bonds is 7. The van der Waals surface area contributed by atoms with Crippen molar-refractivity contribution >= 4 is 50.7 Å². The lowest BCUT2D eigenvalue weighted by atomic mass is 10.1. The fraction of sp³-hybridized carbons (Fsp3) is 0.278. The fourth-order valence-electron chi connectivity index (χ4n) is 2.29. The van der Waals surface area contributed by atoms with E-state index in [4.69, 9.17) is 23.2 Å². The summed E-state index contributed by atoms with van der Waals surface area (Å²) in [6.07, 6.45) is 1.16. The van der Waals surface area contributed by atoms with Crippen LogP contribution in [-0.2, 0) is 20.4 Å². The van der Waals surface area contributed by atoms with Crippen molar-refractivity contribution in [3.05, 3.63) is 63.6 Å². The Morgan fingerprint density at radius 2 is 1.69 bits per heavy atom. The molecule has 4 nitrogen and oxygen atoms in total. The van der Waals surface area contributed by atoms with Gasteiger partial charge in [0.25, 0.3) is 0 Å². The van der Waals surface area contributed by atoms with E-state index in [1.54, 1.807) is 42.5 Å². The molecule has 0 heterocycles. The molecule has 0 fully saturated rings. The number of sulfone groups is 1. The molecule has 2 aromatic rings. The quantitative estimate of drug-likeness (QED) is 0.700. The van der Waals surface area contributed by atoms with Crippen molar-refractivity contribution in [2.75, 3.05) is 12.0 Å². The minimum absolute atomic E-state index is 0.113. The van der Waals surface area contributed by atoms with Crippen molar-refractivity contribution in [3.8, 4) is 0 Å². The second-order valence-corrected chi connectivity index (χ2v) is 9.64. The number of hydrogen-bond donors (Lipinski definition) is 1. The molecular formula is C18H19Cl2NO3S2. The summed E-state index contributed by atoms with van der Waals surface area (Å²) in [5.74, 6) is 0.703. The van der Waals surface area contributed by atoms with Crippen LogP contribution in [0.3, 0.4) is 0 Å². The van der Waals surface area contributed by atoms with Gasteiger partial charge >= 0.3 is 0 Å². The third-order valence-corrected chi connectivity index (χ3v) is 6.52. The summed E-state index contributed by atoms with van der Waals surface area (Å²) in [6.45, 7) is 1.85. The predicted molar refractivity (Wildman–Crippen MR) is 109 cm³/mol. The summed E-state index contributed by atoms with van der Waals surface area (Å²) < 4.78 is 23.0. The highest BCUT2D eigenvalue weighted by atomic mass is 35.5. The third kappa shape index (κ3) is 5.91. The van der Waals surface area contributed by atoms with Gasteiger partial charge in [0.15, 0.2) is 9.84 Å². The lowest BCUT2D eigenvalue weighted by molar-refractivity contribution is -0.119. The van der Waals surface area contributed by atoms with Gasteiger partial charge in [0.05, 0.1) is 16.7 Å². The molecule has 0 aliphatic carbocycles. The molecule has 0 saturated heterocycles. The number of carbonyl (C=O) groups is 1. The van der Waals surface area contributed by atoms with Gasteiger partial charge in [-0.3, -0.25) is 4.79 Å². The van der Waals surface area contributed by atoms with Gasteiger partial charge in [-0.05, 0) is 42.3 Å². The highest BCUT2D eigenvalue weighted by molar-refractivity contribution is 7.99. The molecule has 26 heavy (non-hydrogen) atoms. The smallest absolute Gasteiger partial charge is 0.230 e. The average Bonchev–Trinajstić information content (AvgIpc) is 2.57. The normalized spacial score (nSPS) is 12.6. The van der Waals surface area contributed by atoms with Crippen LogP contribution in [0.1, 0.15) is 24.1 Å². The molecule has 0 spiro atoms. The van der Waals surface area contributed by atoms with E-state index < -0.39 is 9.84 Å². The lowest BCUT2D eigenvalue weighted by Gasteiger charge is -2.15. The Labute approximate surface area is 168 Å². The second-order valence-electron chi connectivity index (χ2n) is 5.82. The first-order chi connectivity index (χ1) is 12.2. The summed E-state index contributed by atoms with van der Waals surface area (Å²) >= 11 is 13.7. The molecule has 8 heteroatoms. The molecule has 0 aromatic heterocycles. The lowest BCUT2D eigenvalue weighted by Crippen LogP contribution is -2.28. The van der Waals surface area contributed by atoms with Gasteiger partial charge in [-0.1, -0.05) is 41.4 Å². The molecule has 2 aromatic carbocycles. The maximum absolute atomic E-state index is 12.1. The summed E-state index contributed by atoms with van der Waals surface area (Å²) in [5.41, 5.74) is 1.66. The Morgan fingerprint density at radius 1 is 1.12 bits per heavy atom. The van der Waals surface area contributed by atoms with Crippen molar-refractivity contribution in [1.29, 1.82) is 0 Å². The van der Waals surface area contributed by atoms with Crippen LogP contribution in [0, 0.1) is 0 Å². The molecule has 0 aliphatic rings. The monoisotopic (exact) mass is 431 g/mol. The van der Waals surface area contributed by atoms with Crippen LogP contribution in [-0.4, -0.2) is 26.3 Å². The first-order valence-electron chi connectivity index (χ1n) is 7.78. The largest absolute Gasteiger partial charge is 0.349 e. The van der Waals surface area contributed by atoms with Gasteiger partial charge in [0, 0.05) is 22.1 Å². The molecule has 0 unspecified atom stereocenters. The standard InChI is InChI=1S/C18H19Cl2NO3S2/c1-12(13-6-8-14(9-7-13)26(2,23)24)21-18(22)11-25-10-15-16(19)4-3-5-17(15)20/h3-9,12H,10-11H2,1-2H3,(H,21,22)/t12-/m0/s1. The number of benzene rings is 2. The van der Waals surface area contributed by atoms with Crippen LogP contribution in [0.5, 0.6) is 0 Å². The number of nitrogens with one attached hydrogen (secondary N) is 1. The molecule has 140 valence electrons. The zero-order valence-corrected chi connectivity index (χ0v) is 17.5. The fourth-order valence-corrected chi connectivity index (χ4v) is 4.49. The molecule has 1 amide bonds. The van der Waals surface area contributed by atoms with Crippen LogP contribution in [0.4, 0.5) is 0 Å². The summed E-state index contributed by atoms with van der Waals surface area (Å²) in [4.78, 5) is 12.4. The van der Waals surface area contributed by atoms with E-state index in [1.807, 2.05) is 6.92 Å². The number of amides is 1. The molecule has 1 atom stereocenters. The Hall–Kier alpha value is -1.21. The number of hydrogen-bond acceptors (Lipinski definition) is 4. The van der Waals surface area contributed by atoms with E-state index in [9.17, 15) is 13.2 Å². The summed E-state index contributed by atoms with van der Waals surface area (Å²) in [7, 11) is -3.23. The van der Waals surface area contributed by atoms with Crippen molar-refractivity contribution < 1.29 is 13.2 Å². The Bertz CT molecular complexity index is 864. The van der Waals surface area contributed by atoms with Gasteiger partial charge in [-0.25, -0.2) is 8.42 Å². The number of halogens is 2. The summed E-state index contributed by atoms with van der Waals surface area (Å²) in [5, 5.41) is 4.07. The SMILES string of the molecule is C[C@H](NC(=O)CSCc1c(Cl)cccc1Cl)c1ccc(S(C)(=O)=O)cc1. The van der Waals surface area contributed by atoms with E-state index in [0.717, 1.165) is 17.4 Å². The number of carbonyl (C=O) groups excluding carboxylic acids is 1. The molecule has 2 rings (SSSR count). The molecule has 0 radical (unpaired) electrons. The highest BCUT2D eigenvalue weighted by Gasteiger charge is 2.13. The zero-order valence-electron chi connectivity index (χ0n) is 14.3. The first-order valence-corrected chi connectivity index (χ1v) is 11.6. The second kappa shape index (κ2) is 9.13. The zero-order chi connectivity index (χ0) is 19.3. The van der Waals surface area contributed by atoms with Crippen molar-refractivity contribution in [2.45, 2.75) is 23.6 Å². The average molecular weight is 432 g/mol. The van der Waals surface area contributed by atoms with Gasteiger partial charge in [0.2, 0.25) is 5.91 Å². The maximum Gasteiger partial charge on any atom is 0.230 e.